The molecule has 1 aliphatic heterocycles. The molecule has 2 aromatic rings. The molecule has 7 nitrogen and oxygen atoms in total. The second-order valence-corrected chi connectivity index (χ2v) is 7.96. The van der Waals surface area contributed by atoms with Gasteiger partial charge < -0.3 is 19.9 Å². The second-order valence-electron chi connectivity index (χ2n) is 7.96. The third kappa shape index (κ3) is 6.27. The Hall–Kier alpha value is -2.45. The molecular formula is C23H34FN5O2. The van der Waals surface area contributed by atoms with Gasteiger partial charge in [-0.1, -0.05) is 24.2 Å². The van der Waals surface area contributed by atoms with Gasteiger partial charge in [0.15, 0.2) is 5.96 Å². The van der Waals surface area contributed by atoms with Gasteiger partial charge in [-0.15, -0.1) is 0 Å². The molecule has 1 saturated heterocycles. The summed E-state index contributed by atoms with van der Waals surface area (Å²) in [6.45, 7) is 13.3. The third-order valence-corrected chi connectivity index (χ3v) is 5.65. The lowest BCUT2D eigenvalue weighted by Crippen LogP contribution is -2.46. The molecule has 0 spiro atoms. The van der Waals surface area contributed by atoms with Gasteiger partial charge in [-0.3, -0.25) is 9.89 Å². The number of halogens is 1. The van der Waals surface area contributed by atoms with Crippen LogP contribution in [0.3, 0.4) is 0 Å². The van der Waals surface area contributed by atoms with Gasteiger partial charge in [0.05, 0.1) is 24.9 Å². The normalized spacial score (nSPS) is 17.4. The van der Waals surface area contributed by atoms with Crippen molar-refractivity contribution >= 4 is 5.96 Å². The van der Waals surface area contributed by atoms with Gasteiger partial charge in [0.1, 0.15) is 11.6 Å². The van der Waals surface area contributed by atoms with E-state index in [0.717, 1.165) is 48.2 Å². The van der Waals surface area contributed by atoms with Gasteiger partial charge in [-0.25, -0.2) is 4.39 Å². The lowest BCUT2D eigenvalue weighted by atomic mass is 10.00. The van der Waals surface area contributed by atoms with Gasteiger partial charge in [-0.05, 0) is 38.5 Å². The fourth-order valence-electron chi connectivity index (χ4n) is 4.08. The monoisotopic (exact) mass is 431 g/mol. The Kier molecular flexibility index (Phi) is 8.43. The zero-order chi connectivity index (χ0) is 22.2. The van der Waals surface area contributed by atoms with Crippen LogP contribution in [0.4, 0.5) is 4.39 Å². The molecule has 0 amide bonds. The summed E-state index contributed by atoms with van der Waals surface area (Å²) >= 11 is 0. The molecule has 0 aliphatic carbocycles. The zero-order valence-corrected chi connectivity index (χ0v) is 18.9. The number of rotatable bonds is 8. The SMILES string of the molecule is CCNC(=NCC(C)c1c(C)noc1C)NCC(c1ccc(F)cc1)N1CCOCC1. The molecular weight excluding hydrogens is 397 g/mol. The van der Waals surface area contributed by atoms with Crippen LogP contribution in [0.5, 0.6) is 0 Å². The van der Waals surface area contributed by atoms with E-state index in [2.05, 4.69) is 27.6 Å². The van der Waals surface area contributed by atoms with Gasteiger partial charge >= 0.3 is 0 Å². The minimum Gasteiger partial charge on any atom is -0.379 e. The van der Waals surface area contributed by atoms with Crippen LogP contribution in [-0.2, 0) is 4.74 Å². The van der Waals surface area contributed by atoms with Crippen molar-refractivity contribution in [3.8, 4) is 0 Å². The number of aryl methyl sites for hydroxylation is 2. The summed E-state index contributed by atoms with van der Waals surface area (Å²) in [7, 11) is 0. The van der Waals surface area contributed by atoms with Crippen molar-refractivity contribution in [3.63, 3.8) is 0 Å². The Morgan fingerprint density at radius 3 is 2.52 bits per heavy atom. The lowest BCUT2D eigenvalue weighted by molar-refractivity contribution is 0.0170. The smallest absolute Gasteiger partial charge is 0.191 e. The number of guanidine groups is 1. The number of nitrogens with zero attached hydrogens (tertiary/aromatic N) is 3. The molecule has 2 N–H and O–H groups in total. The molecule has 31 heavy (non-hydrogen) atoms. The van der Waals surface area contributed by atoms with Crippen LogP contribution in [0, 0.1) is 19.7 Å². The summed E-state index contributed by atoms with van der Waals surface area (Å²) in [5, 5.41) is 10.9. The molecule has 170 valence electrons. The maximum atomic E-state index is 13.5. The number of morpholine rings is 1. The average Bonchev–Trinajstić information content (AvgIpc) is 3.12. The van der Waals surface area contributed by atoms with Gasteiger partial charge in [0, 0.05) is 44.2 Å². The molecule has 1 aliphatic rings. The summed E-state index contributed by atoms with van der Waals surface area (Å²) < 4.78 is 24.3. The van der Waals surface area contributed by atoms with Crippen molar-refractivity contribution in [1.29, 1.82) is 0 Å². The minimum atomic E-state index is -0.222. The van der Waals surface area contributed by atoms with Crippen molar-refractivity contribution in [2.24, 2.45) is 4.99 Å². The van der Waals surface area contributed by atoms with E-state index in [4.69, 9.17) is 14.3 Å². The van der Waals surface area contributed by atoms with Gasteiger partial charge in [0.2, 0.25) is 0 Å². The molecule has 1 aromatic heterocycles. The molecule has 1 aromatic carbocycles. The van der Waals surface area contributed by atoms with Crippen LogP contribution >= 0.6 is 0 Å². The molecule has 8 heteroatoms. The van der Waals surface area contributed by atoms with E-state index in [1.54, 1.807) is 0 Å². The van der Waals surface area contributed by atoms with Crippen molar-refractivity contribution in [3.05, 3.63) is 52.7 Å². The maximum absolute atomic E-state index is 13.5. The Balaban J connectivity index is 1.70. The van der Waals surface area contributed by atoms with Gasteiger partial charge in [-0.2, -0.15) is 0 Å². The first kappa shape index (κ1) is 23.2. The summed E-state index contributed by atoms with van der Waals surface area (Å²) in [4.78, 5) is 7.17. The maximum Gasteiger partial charge on any atom is 0.191 e. The molecule has 0 radical (unpaired) electrons. The van der Waals surface area contributed by atoms with E-state index in [9.17, 15) is 4.39 Å². The van der Waals surface area contributed by atoms with Crippen LogP contribution in [0.1, 0.15) is 48.4 Å². The summed E-state index contributed by atoms with van der Waals surface area (Å²) in [5.41, 5.74) is 3.12. The Labute approximate surface area is 184 Å². The van der Waals surface area contributed by atoms with Crippen LogP contribution in [-0.4, -0.2) is 62.0 Å². The fraction of sp³-hybridized carbons (Fsp3) is 0.565. The number of hydrogen-bond acceptors (Lipinski definition) is 5. The summed E-state index contributed by atoms with van der Waals surface area (Å²) in [5.74, 6) is 1.60. The number of benzene rings is 1. The van der Waals surface area contributed by atoms with Crippen molar-refractivity contribution in [1.82, 2.24) is 20.7 Å². The predicted octanol–water partition coefficient (Wildman–Crippen LogP) is 3.16. The number of ether oxygens (including phenoxy) is 1. The molecule has 0 saturated carbocycles. The van der Waals surface area contributed by atoms with E-state index >= 15 is 0 Å². The number of hydrogen-bond donors (Lipinski definition) is 2. The van der Waals surface area contributed by atoms with E-state index < -0.39 is 0 Å². The van der Waals surface area contributed by atoms with Crippen LogP contribution < -0.4 is 10.6 Å². The largest absolute Gasteiger partial charge is 0.379 e. The molecule has 2 unspecified atom stereocenters. The van der Waals surface area contributed by atoms with E-state index in [1.165, 1.54) is 12.1 Å². The molecule has 3 rings (SSSR count). The third-order valence-electron chi connectivity index (χ3n) is 5.65. The quantitative estimate of drug-likeness (QED) is 0.494. The predicted molar refractivity (Wildman–Crippen MR) is 120 cm³/mol. The highest BCUT2D eigenvalue weighted by Crippen LogP contribution is 2.24. The second kappa shape index (κ2) is 11.2. The molecule has 0 bridgehead atoms. The van der Waals surface area contributed by atoms with Crippen molar-refractivity contribution in [2.75, 3.05) is 45.9 Å². The average molecular weight is 432 g/mol. The zero-order valence-electron chi connectivity index (χ0n) is 18.9. The molecule has 2 atom stereocenters. The first-order valence-corrected chi connectivity index (χ1v) is 11.0. The highest BCUT2D eigenvalue weighted by molar-refractivity contribution is 5.79. The standard InChI is InChI=1S/C23H34FN5O2/c1-5-25-23(26-14-16(2)22-17(3)28-31-18(22)4)27-15-21(29-10-12-30-13-11-29)19-6-8-20(24)9-7-19/h6-9,16,21H,5,10-15H2,1-4H3,(H2,25,26,27). The van der Waals surface area contributed by atoms with E-state index in [-0.39, 0.29) is 17.8 Å². The van der Waals surface area contributed by atoms with E-state index in [1.807, 2.05) is 32.9 Å². The Morgan fingerprint density at radius 1 is 1.19 bits per heavy atom. The number of aliphatic imine (C=N–C) groups is 1. The number of aromatic nitrogens is 1. The van der Waals surface area contributed by atoms with E-state index in [0.29, 0.717) is 26.3 Å². The summed E-state index contributed by atoms with van der Waals surface area (Å²) in [6.07, 6.45) is 0. The Morgan fingerprint density at radius 2 is 1.90 bits per heavy atom. The number of nitrogens with one attached hydrogen (secondary N) is 2. The topological polar surface area (TPSA) is 74.9 Å². The first-order chi connectivity index (χ1) is 15.0. The van der Waals surface area contributed by atoms with Crippen LogP contribution in [0.2, 0.25) is 0 Å². The lowest BCUT2D eigenvalue weighted by Gasteiger charge is -2.35. The van der Waals surface area contributed by atoms with Gasteiger partial charge in [0.25, 0.3) is 0 Å². The minimum absolute atomic E-state index is 0.105. The highest BCUT2D eigenvalue weighted by Gasteiger charge is 2.23. The fourth-order valence-corrected chi connectivity index (χ4v) is 4.08. The highest BCUT2D eigenvalue weighted by atomic mass is 19.1. The first-order valence-electron chi connectivity index (χ1n) is 11.0. The molecule has 1 fully saturated rings. The van der Waals surface area contributed by atoms with Crippen LogP contribution in [0.15, 0.2) is 33.8 Å². The van der Waals surface area contributed by atoms with Crippen molar-refractivity contribution < 1.29 is 13.7 Å². The van der Waals surface area contributed by atoms with Crippen LogP contribution in [0.25, 0.3) is 0 Å². The summed E-state index contributed by atoms with van der Waals surface area (Å²) in [6, 6.07) is 6.87. The molecule has 2 heterocycles. The Bertz CT molecular complexity index is 827. The van der Waals surface area contributed by atoms with Crippen molar-refractivity contribution in [2.45, 2.75) is 39.7 Å².